The van der Waals surface area contributed by atoms with Crippen molar-refractivity contribution < 1.29 is 4.92 Å². The summed E-state index contributed by atoms with van der Waals surface area (Å²) in [5.41, 5.74) is 5.57. The largest absolute Gasteiger partial charge is 0.318 e. The molecule has 3 aromatic rings. The first-order valence-corrected chi connectivity index (χ1v) is 8.01. The maximum atomic E-state index is 11.1. The zero-order valence-electron chi connectivity index (χ0n) is 14.4. The number of aryl methyl sites for hydroxylation is 2. The van der Waals surface area contributed by atoms with E-state index in [1.165, 1.54) is 6.07 Å². The average Bonchev–Trinajstić information content (AvgIpc) is 2.88. The highest BCUT2D eigenvalue weighted by Crippen LogP contribution is 2.25. The maximum absolute atomic E-state index is 11.1. The topological polar surface area (TPSA) is 60.4 Å². The number of nitrogens with zero attached hydrogens (tertiary/aromatic N) is 3. The second-order valence-electron chi connectivity index (χ2n) is 5.98. The van der Waals surface area contributed by atoms with Gasteiger partial charge >= 0.3 is 0 Å². The Labute approximate surface area is 146 Å². The van der Waals surface area contributed by atoms with Crippen molar-refractivity contribution in [2.45, 2.75) is 20.8 Å². The molecule has 5 heteroatoms. The van der Waals surface area contributed by atoms with Gasteiger partial charge in [0.1, 0.15) is 0 Å². The molecule has 0 unspecified atom stereocenters. The number of nitro benzene ring substituents is 1. The molecular weight excluding hydrogens is 314 g/mol. The molecule has 0 fully saturated rings. The van der Waals surface area contributed by atoms with Crippen LogP contribution in [0.2, 0.25) is 0 Å². The molecule has 5 nitrogen and oxygen atoms in total. The monoisotopic (exact) mass is 333 g/mol. The molecule has 0 saturated heterocycles. The quantitative estimate of drug-likeness (QED) is 0.380. The number of hydrogen-bond acceptors (Lipinski definition) is 3. The minimum atomic E-state index is -0.379. The van der Waals surface area contributed by atoms with Crippen molar-refractivity contribution in [3.8, 4) is 5.69 Å². The summed E-state index contributed by atoms with van der Waals surface area (Å²) < 4.78 is 2.17. The summed E-state index contributed by atoms with van der Waals surface area (Å²) in [6.45, 7) is 5.81. The number of aromatic nitrogens is 1. The first-order valence-electron chi connectivity index (χ1n) is 8.01. The molecule has 2 aromatic carbocycles. The van der Waals surface area contributed by atoms with Gasteiger partial charge in [-0.3, -0.25) is 15.1 Å². The van der Waals surface area contributed by atoms with Crippen LogP contribution in [-0.2, 0) is 0 Å². The molecule has 1 heterocycles. The first-order chi connectivity index (χ1) is 12.0. The fourth-order valence-electron chi connectivity index (χ4n) is 2.91. The van der Waals surface area contributed by atoms with E-state index in [4.69, 9.17) is 0 Å². The molecule has 1 aromatic heterocycles. The molecule has 0 radical (unpaired) electrons. The van der Waals surface area contributed by atoms with Gasteiger partial charge in [-0.2, -0.15) is 0 Å². The standard InChI is InChI=1S/C20H19N3O2/c1-14-9-10-18(12-20(14)23(24)25)21-13-17-11-15(2)22(16(17)3)19-7-5-4-6-8-19/h4-13H,1-3H3. The smallest absolute Gasteiger partial charge is 0.274 e. The molecule has 0 N–H and O–H groups in total. The Morgan fingerprint density at radius 3 is 2.44 bits per heavy atom. The van der Waals surface area contributed by atoms with Crippen molar-refractivity contribution in [3.63, 3.8) is 0 Å². The Kier molecular flexibility index (Phi) is 4.48. The molecule has 0 aliphatic heterocycles. The predicted octanol–water partition coefficient (Wildman–Crippen LogP) is 5.06. The Balaban J connectivity index is 1.96. The third kappa shape index (κ3) is 3.35. The summed E-state index contributed by atoms with van der Waals surface area (Å²) in [5.74, 6) is 0. The van der Waals surface area contributed by atoms with Crippen LogP contribution in [0.3, 0.4) is 0 Å². The van der Waals surface area contributed by atoms with Gasteiger partial charge in [0.05, 0.1) is 10.6 Å². The van der Waals surface area contributed by atoms with Gasteiger partial charge in [-0.15, -0.1) is 0 Å². The van der Waals surface area contributed by atoms with Gasteiger partial charge in [0.2, 0.25) is 0 Å². The summed E-state index contributed by atoms with van der Waals surface area (Å²) in [7, 11) is 0. The number of para-hydroxylation sites is 1. The van der Waals surface area contributed by atoms with E-state index in [1.54, 1.807) is 25.3 Å². The average molecular weight is 333 g/mol. The number of aliphatic imine (C=N–C) groups is 1. The molecule has 0 atom stereocenters. The SMILES string of the molecule is Cc1ccc(N=Cc2cc(C)n(-c3ccccc3)c2C)cc1[N+](=O)[O-]. The molecule has 0 saturated carbocycles. The van der Waals surface area contributed by atoms with Crippen molar-refractivity contribution in [1.82, 2.24) is 4.57 Å². The fourth-order valence-corrected chi connectivity index (χ4v) is 2.91. The minimum absolute atomic E-state index is 0.0874. The zero-order valence-corrected chi connectivity index (χ0v) is 14.4. The molecule has 3 rings (SSSR count). The summed E-state index contributed by atoms with van der Waals surface area (Å²) in [5, 5.41) is 11.1. The summed E-state index contributed by atoms with van der Waals surface area (Å²) in [4.78, 5) is 15.1. The lowest BCUT2D eigenvalue weighted by Gasteiger charge is -2.08. The van der Waals surface area contributed by atoms with E-state index in [2.05, 4.69) is 27.8 Å². The van der Waals surface area contributed by atoms with Crippen molar-refractivity contribution in [3.05, 3.63) is 87.2 Å². The van der Waals surface area contributed by atoms with Gasteiger partial charge in [0.15, 0.2) is 0 Å². The Morgan fingerprint density at radius 2 is 1.76 bits per heavy atom. The molecule has 0 amide bonds. The third-order valence-electron chi connectivity index (χ3n) is 4.23. The normalized spacial score (nSPS) is 11.2. The Bertz CT molecular complexity index is 957. The van der Waals surface area contributed by atoms with E-state index in [9.17, 15) is 10.1 Å². The van der Waals surface area contributed by atoms with Crippen LogP contribution in [0.4, 0.5) is 11.4 Å². The lowest BCUT2D eigenvalue weighted by atomic mass is 10.2. The molecule has 0 spiro atoms. The molecule has 25 heavy (non-hydrogen) atoms. The van der Waals surface area contributed by atoms with Gasteiger partial charge < -0.3 is 4.57 Å². The van der Waals surface area contributed by atoms with Crippen LogP contribution in [0.1, 0.15) is 22.5 Å². The first kappa shape index (κ1) is 16.6. The van der Waals surface area contributed by atoms with E-state index in [1.807, 2.05) is 32.0 Å². The van der Waals surface area contributed by atoms with Gasteiger partial charge in [0.25, 0.3) is 5.69 Å². The third-order valence-corrected chi connectivity index (χ3v) is 4.23. The van der Waals surface area contributed by atoms with E-state index in [-0.39, 0.29) is 10.6 Å². The second kappa shape index (κ2) is 6.73. The number of benzene rings is 2. The minimum Gasteiger partial charge on any atom is -0.318 e. The van der Waals surface area contributed by atoms with Crippen LogP contribution in [0, 0.1) is 30.9 Å². The van der Waals surface area contributed by atoms with Crippen molar-refractivity contribution in [2.75, 3.05) is 0 Å². The van der Waals surface area contributed by atoms with Crippen LogP contribution in [-0.4, -0.2) is 15.7 Å². The zero-order chi connectivity index (χ0) is 18.0. The molecule has 126 valence electrons. The summed E-state index contributed by atoms with van der Waals surface area (Å²) in [6, 6.07) is 17.2. The second-order valence-corrected chi connectivity index (χ2v) is 5.98. The van der Waals surface area contributed by atoms with E-state index in [0.717, 1.165) is 22.6 Å². The van der Waals surface area contributed by atoms with Crippen molar-refractivity contribution >= 4 is 17.6 Å². The Hall–Kier alpha value is -3.21. The number of hydrogen-bond donors (Lipinski definition) is 0. The highest BCUT2D eigenvalue weighted by molar-refractivity contribution is 5.84. The number of rotatable bonds is 4. The molecule has 0 aliphatic rings. The Morgan fingerprint density at radius 1 is 1.04 bits per heavy atom. The van der Waals surface area contributed by atoms with Crippen LogP contribution in [0.15, 0.2) is 59.6 Å². The highest BCUT2D eigenvalue weighted by atomic mass is 16.6. The number of nitro groups is 1. The fraction of sp³-hybridized carbons (Fsp3) is 0.150. The summed E-state index contributed by atoms with van der Waals surface area (Å²) >= 11 is 0. The van der Waals surface area contributed by atoms with Gasteiger partial charge in [-0.05, 0) is 45.0 Å². The lowest BCUT2D eigenvalue weighted by molar-refractivity contribution is -0.385. The van der Waals surface area contributed by atoms with Gasteiger partial charge in [-0.1, -0.05) is 24.3 Å². The molecular formula is C20H19N3O2. The van der Waals surface area contributed by atoms with Crippen molar-refractivity contribution in [2.24, 2.45) is 4.99 Å². The lowest BCUT2D eigenvalue weighted by Crippen LogP contribution is -1.99. The van der Waals surface area contributed by atoms with Crippen LogP contribution < -0.4 is 0 Å². The van der Waals surface area contributed by atoms with Crippen LogP contribution in [0.25, 0.3) is 5.69 Å². The van der Waals surface area contributed by atoms with Crippen LogP contribution in [0.5, 0.6) is 0 Å². The highest BCUT2D eigenvalue weighted by Gasteiger charge is 2.11. The van der Waals surface area contributed by atoms with Crippen LogP contribution >= 0.6 is 0 Å². The summed E-state index contributed by atoms with van der Waals surface area (Å²) in [6.07, 6.45) is 1.76. The van der Waals surface area contributed by atoms with Gasteiger partial charge in [-0.25, -0.2) is 0 Å². The molecule has 0 bridgehead atoms. The van der Waals surface area contributed by atoms with Gasteiger partial charge in [0, 0.05) is 40.5 Å². The maximum Gasteiger partial charge on any atom is 0.274 e. The van der Waals surface area contributed by atoms with Crippen molar-refractivity contribution in [1.29, 1.82) is 0 Å². The van der Waals surface area contributed by atoms with E-state index >= 15 is 0 Å². The van der Waals surface area contributed by atoms with E-state index < -0.39 is 0 Å². The predicted molar refractivity (Wildman–Crippen MR) is 100 cm³/mol. The van der Waals surface area contributed by atoms with E-state index in [0.29, 0.717) is 11.3 Å². The molecule has 0 aliphatic carbocycles.